The molecule has 0 amide bonds. The molecule has 3 nitrogen and oxygen atoms in total. The highest BCUT2D eigenvalue weighted by atomic mass is 28.4. The molecule has 0 saturated heterocycles. The van der Waals surface area contributed by atoms with Gasteiger partial charge in [-0.25, -0.2) is 0 Å². The van der Waals surface area contributed by atoms with E-state index in [4.69, 9.17) is 14.5 Å². The minimum atomic E-state index is -2.32. The molecule has 0 heterocycles. The van der Waals surface area contributed by atoms with Crippen LogP contribution in [0, 0.1) is 11.3 Å². The zero-order valence-electron chi connectivity index (χ0n) is 6.42. The van der Waals surface area contributed by atoms with Crippen molar-refractivity contribution in [1.82, 2.24) is 0 Å². The highest BCUT2D eigenvalue weighted by Gasteiger charge is 2.17. The van der Waals surface area contributed by atoms with Gasteiger partial charge in [-0.2, -0.15) is 5.26 Å². The lowest BCUT2D eigenvalue weighted by molar-refractivity contribution is 0.239. The Labute approximate surface area is 62.5 Å². The van der Waals surface area contributed by atoms with Crippen molar-refractivity contribution in [3.05, 3.63) is 0 Å². The van der Waals surface area contributed by atoms with Crippen LogP contribution in [-0.2, 0) is 4.43 Å². The van der Waals surface area contributed by atoms with Crippen molar-refractivity contribution in [2.45, 2.75) is 25.9 Å². The van der Waals surface area contributed by atoms with Gasteiger partial charge in [0.1, 0.15) is 0 Å². The number of rotatable bonds is 4. The Morgan fingerprint density at radius 1 is 1.60 bits per heavy atom. The van der Waals surface area contributed by atoms with Crippen LogP contribution in [0.25, 0.3) is 0 Å². The van der Waals surface area contributed by atoms with Crippen molar-refractivity contribution < 1.29 is 9.22 Å². The first-order valence-electron chi connectivity index (χ1n) is 3.29. The van der Waals surface area contributed by atoms with Crippen molar-refractivity contribution in [2.75, 3.05) is 6.61 Å². The van der Waals surface area contributed by atoms with Gasteiger partial charge in [-0.15, -0.1) is 0 Å². The van der Waals surface area contributed by atoms with Crippen molar-refractivity contribution in [3.8, 4) is 6.07 Å². The highest BCUT2D eigenvalue weighted by molar-refractivity contribution is 6.63. The molecule has 0 unspecified atom stereocenters. The van der Waals surface area contributed by atoms with Gasteiger partial charge in [-0.1, -0.05) is 0 Å². The van der Waals surface area contributed by atoms with Crippen LogP contribution >= 0.6 is 0 Å². The molecule has 1 N–H and O–H groups in total. The standard InChI is InChI=1S/C6H13NO2Si/c1-10(2,8)9-6-4-3-5-7/h8H,3-4,6H2,1-2H3. The third-order valence-electron chi connectivity index (χ3n) is 0.888. The summed E-state index contributed by atoms with van der Waals surface area (Å²) in [6, 6.07) is 2.01. The molecule has 4 heteroatoms. The number of hydrogen-bond donors (Lipinski definition) is 1. The first-order valence-corrected chi connectivity index (χ1v) is 6.15. The quantitative estimate of drug-likeness (QED) is 0.492. The number of hydrogen-bond acceptors (Lipinski definition) is 3. The highest BCUT2D eigenvalue weighted by Crippen LogP contribution is 1.99. The molecule has 0 radical (unpaired) electrons. The van der Waals surface area contributed by atoms with Crippen LogP contribution in [0.1, 0.15) is 12.8 Å². The molecule has 0 aliphatic heterocycles. The second-order valence-corrected chi connectivity index (χ2v) is 5.74. The Bertz CT molecular complexity index is 125. The van der Waals surface area contributed by atoms with Gasteiger partial charge in [0.2, 0.25) is 0 Å². The van der Waals surface area contributed by atoms with Crippen LogP contribution in [0.5, 0.6) is 0 Å². The van der Waals surface area contributed by atoms with Crippen LogP contribution < -0.4 is 0 Å². The molecular formula is C6H13NO2Si. The van der Waals surface area contributed by atoms with Crippen LogP contribution in [0.2, 0.25) is 13.1 Å². The van der Waals surface area contributed by atoms with Gasteiger partial charge >= 0.3 is 8.56 Å². The predicted molar refractivity (Wildman–Crippen MR) is 40.5 cm³/mol. The molecule has 0 saturated carbocycles. The molecule has 0 aliphatic carbocycles. The van der Waals surface area contributed by atoms with Crippen molar-refractivity contribution >= 4 is 8.56 Å². The van der Waals surface area contributed by atoms with E-state index in [9.17, 15) is 0 Å². The molecule has 0 aliphatic rings. The van der Waals surface area contributed by atoms with Gasteiger partial charge in [-0.3, -0.25) is 0 Å². The summed E-state index contributed by atoms with van der Waals surface area (Å²) in [7, 11) is -2.32. The van der Waals surface area contributed by atoms with Crippen molar-refractivity contribution in [3.63, 3.8) is 0 Å². The fraction of sp³-hybridized carbons (Fsp3) is 0.833. The van der Waals surface area contributed by atoms with E-state index in [0.717, 1.165) is 0 Å². The van der Waals surface area contributed by atoms with E-state index in [1.165, 1.54) is 0 Å². The fourth-order valence-corrected chi connectivity index (χ4v) is 1.12. The normalized spacial score (nSPS) is 11.0. The van der Waals surface area contributed by atoms with Crippen LogP contribution in [0.3, 0.4) is 0 Å². The van der Waals surface area contributed by atoms with Crippen LogP contribution in [-0.4, -0.2) is 20.0 Å². The van der Waals surface area contributed by atoms with Crippen LogP contribution in [0.15, 0.2) is 0 Å². The SMILES string of the molecule is C[Si](C)(O)OCCCC#N. The van der Waals surface area contributed by atoms with E-state index >= 15 is 0 Å². The van der Waals surface area contributed by atoms with Gasteiger partial charge in [0.05, 0.1) is 6.07 Å². The van der Waals surface area contributed by atoms with E-state index in [1.807, 2.05) is 6.07 Å². The van der Waals surface area contributed by atoms with Gasteiger partial charge < -0.3 is 9.22 Å². The van der Waals surface area contributed by atoms with E-state index in [1.54, 1.807) is 13.1 Å². The summed E-state index contributed by atoms with van der Waals surface area (Å²) in [6.45, 7) is 3.92. The fourth-order valence-electron chi connectivity index (χ4n) is 0.473. The predicted octanol–water partition coefficient (Wildman–Crippen LogP) is 1.00. The van der Waals surface area contributed by atoms with Gasteiger partial charge in [0, 0.05) is 13.0 Å². The molecule has 0 aromatic heterocycles. The largest absolute Gasteiger partial charge is 0.411 e. The lowest BCUT2D eigenvalue weighted by Gasteiger charge is -2.13. The average Bonchev–Trinajstić information content (AvgIpc) is 1.78. The molecule has 0 rings (SSSR count). The maximum atomic E-state index is 9.15. The Hall–Kier alpha value is -0.373. The van der Waals surface area contributed by atoms with Crippen molar-refractivity contribution in [1.29, 1.82) is 5.26 Å². The summed E-state index contributed by atoms with van der Waals surface area (Å²) in [4.78, 5) is 9.15. The number of unbranched alkanes of at least 4 members (excludes halogenated alkanes) is 1. The van der Waals surface area contributed by atoms with Gasteiger partial charge in [-0.05, 0) is 19.5 Å². The van der Waals surface area contributed by atoms with Gasteiger partial charge in [0.25, 0.3) is 0 Å². The average molecular weight is 159 g/mol. The zero-order valence-corrected chi connectivity index (χ0v) is 7.42. The monoisotopic (exact) mass is 159 g/mol. The molecule has 0 spiro atoms. The summed E-state index contributed by atoms with van der Waals surface area (Å²) in [6.07, 6.45) is 1.22. The first-order chi connectivity index (χ1) is 4.56. The molecule has 0 bridgehead atoms. The molecule has 0 aromatic rings. The maximum Gasteiger partial charge on any atom is 0.329 e. The summed E-state index contributed by atoms with van der Waals surface area (Å²) < 4.78 is 5.07. The molecule has 0 fully saturated rings. The summed E-state index contributed by atoms with van der Waals surface area (Å²) >= 11 is 0. The number of nitriles is 1. The van der Waals surface area contributed by atoms with Crippen LogP contribution in [0.4, 0.5) is 0 Å². The first kappa shape index (κ1) is 9.63. The smallest absolute Gasteiger partial charge is 0.329 e. The lowest BCUT2D eigenvalue weighted by atomic mass is 10.4. The Kier molecular flexibility index (Phi) is 4.28. The topological polar surface area (TPSA) is 53.2 Å². The van der Waals surface area contributed by atoms with Crippen molar-refractivity contribution in [2.24, 2.45) is 0 Å². The van der Waals surface area contributed by atoms with E-state index in [2.05, 4.69) is 0 Å². The third kappa shape index (κ3) is 7.63. The number of nitrogens with zero attached hydrogens (tertiary/aromatic N) is 1. The minimum Gasteiger partial charge on any atom is -0.411 e. The second-order valence-electron chi connectivity index (χ2n) is 2.56. The minimum absolute atomic E-state index is 0.503. The van der Waals surface area contributed by atoms with E-state index in [0.29, 0.717) is 19.4 Å². The summed E-state index contributed by atoms with van der Waals surface area (Å²) in [5.41, 5.74) is 0. The second kappa shape index (κ2) is 4.44. The summed E-state index contributed by atoms with van der Waals surface area (Å²) in [5, 5.41) is 8.14. The van der Waals surface area contributed by atoms with E-state index < -0.39 is 8.56 Å². The molecule has 0 aromatic carbocycles. The Morgan fingerprint density at radius 2 is 2.20 bits per heavy atom. The summed E-state index contributed by atoms with van der Waals surface area (Å²) in [5.74, 6) is 0. The molecular weight excluding hydrogens is 146 g/mol. The Balaban J connectivity index is 3.14. The Morgan fingerprint density at radius 3 is 2.60 bits per heavy atom. The lowest BCUT2D eigenvalue weighted by Crippen LogP contribution is -2.30. The molecule has 58 valence electrons. The molecule has 0 atom stereocenters. The zero-order chi connectivity index (χ0) is 8.04. The maximum absolute atomic E-state index is 9.15. The van der Waals surface area contributed by atoms with E-state index in [-0.39, 0.29) is 0 Å². The molecule has 10 heavy (non-hydrogen) atoms. The van der Waals surface area contributed by atoms with Gasteiger partial charge in [0.15, 0.2) is 0 Å². The third-order valence-corrected chi connectivity index (χ3v) is 1.80.